The number of anilines is 2. The van der Waals surface area contributed by atoms with E-state index in [1.54, 1.807) is 49.6 Å². The lowest BCUT2D eigenvalue weighted by Gasteiger charge is -2.13. The van der Waals surface area contributed by atoms with Gasteiger partial charge in [0.2, 0.25) is 5.91 Å². The van der Waals surface area contributed by atoms with Gasteiger partial charge in [0.25, 0.3) is 5.91 Å². The first-order chi connectivity index (χ1) is 14.9. The Bertz CT molecular complexity index is 1090. The topological polar surface area (TPSA) is 76.7 Å². The maximum absolute atomic E-state index is 12.7. The van der Waals surface area contributed by atoms with Crippen molar-refractivity contribution in [3.8, 4) is 11.5 Å². The van der Waals surface area contributed by atoms with Crippen LogP contribution in [0.25, 0.3) is 0 Å². The molecule has 0 spiro atoms. The third kappa shape index (κ3) is 5.85. The summed E-state index contributed by atoms with van der Waals surface area (Å²) in [5, 5.41) is 5.55. The zero-order chi connectivity index (χ0) is 22.4. The standard InChI is InChI=1S/C25H26N2O4/c1-16-5-11-23(13-17(16)2)31-15-20-14-19(6-12-24(20)30-4)25(29)27-22-9-7-21(8-10-22)26-18(3)28/h5-14H,15H2,1-4H3,(H,26,28)(H,27,29). The normalized spacial score (nSPS) is 10.3. The van der Waals surface area contributed by atoms with Gasteiger partial charge in [0.05, 0.1) is 7.11 Å². The van der Waals surface area contributed by atoms with Crippen LogP contribution in [0.1, 0.15) is 34.0 Å². The molecule has 0 bridgehead atoms. The predicted octanol–water partition coefficient (Wildman–Crippen LogP) is 5.10. The Morgan fingerprint density at radius 3 is 2.13 bits per heavy atom. The highest BCUT2D eigenvalue weighted by Crippen LogP contribution is 2.24. The van der Waals surface area contributed by atoms with Crippen LogP contribution in [0.4, 0.5) is 11.4 Å². The van der Waals surface area contributed by atoms with E-state index in [2.05, 4.69) is 17.6 Å². The third-order valence-electron chi connectivity index (χ3n) is 4.88. The number of benzene rings is 3. The minimum Gasteiger partial charge on any atom is -0.496 e. The number of methoxy groups -OCH3 is 1. The number of rotatable bonds is 7. The lowest BCUT2D eigenvalue weighted by molar-refractivity contribution is -0.114. The summed E-state index contributed by atoms with van der Waals surface area (Å²) in [5.41, 5.74) is 4.92. The summed E-state index contributed by atoms with van der Waals surface area (Å²) in [4.78, 5) is 23.8. The molecule has 0 aliphatic rings. The van der Waals surface area contributed by atoms with Crippen LogP contribution < -0.4 is 20.1 Å². The molecular weight excluding hydrogens is 392 g/mol. The average Bonchev–Trinajstić information content (AvgIpc) is 2.75. The monoisotopic (exact) mass is 418 g/mol. The van der Waals surface area contributed by atoms with Crippen LogP contribution in [-0.2, 0) is 11.4 Å². The van der Waals surface area contributed by atoms with Gasteiger partial charge in [-0.2, -0.15) is 0 Å². The van der Waals surface area contributed by atoms with E-state index in [1.807, 2.05) is 25.1 Å². The SMILES string of the molecule is COc1ccc(C(=O)Nc2ccc(NC(C)=O)cc2)cc1COc1ccc(C)c(C)c1. The first-order valence-electron chi connectivity index (χ1n) is 9.91. The summed E-state index contributed by atoms with van der Waals surface area (Å²) >= 11 is 0. The van der Waals surface area contributed by atoms with Crippen LogP contribution in [0.5, 0.6) is 11.5 Å². The molecule has 0 aliphatic carbocycles. The quantitative estimate of drug-likeness (QED) is 0.560. The van der Waals surface area contributed by atoms with Crippen molar-refractivity contribution < 1.29 is 19.1 Å². The number of hydrogen-bond donors (Lipinski definition) is 2. The van der Waals surface area contributed by atoms with E-state index < -0.39 is 0 Å². The zero-order valence-corrected chi connectivity index (χ0v) is 18.1. The highest BCUT2D eigenvalue weighted by Gasteiger charge is 2.12. The molecule has 6 heteroatoms. The zero-order valence-electron chi connectivity index (χ0n) is 18.1. The highest BCUT2D eigenvalue weighted by molar-refractivity contribution is 6.04. The smallest absolute Gasteiger partial charge is 0.255 e. The molecule has 0 atom stereocenters. The Balaban J connectivity index is 1.71. The van der Waals surface area contributed by atoms with Crippen molar-refractivity contribution in [2.24, 2.45) is 0 Å². The van der Waals surface area contributed by atoms with Crippen molar-refractivity contribution in [3.63, 3.8) is 0 Å². The fourth-order valence-corrected chi connectivity index (χ4v) is 3.04. The van der Waals surface area contributed by atoms with E-state index in [1.165, 1.54) is 12.5 Å². The van der Waals surface area contributed by atoms with Gasteiger partial charge >= 0.3 is 0 Å². The summed E-state index contributed by atoms with van der Waals surface area (Å²) in [6.45, 7) is 5.81. The molecule has 3 aromatic rings. The van der Waals surface area contributed by atoms with Crippen molar-refractivity contribution in [1.82, 2.24) is 0 Å². The molecule has 0 aromatic heterocycles. The van der Waals surface area contributed by atoms with E-state index >= 15 is 0 Å². The molecule has 0 fully saturated rings. The van der Waals surface area contributed by atoms with Gasteiger partial charge in [-0.05, 0) is 79.6 Å². The van der Waals surface area contributed by atoms with E-state index in [-0.39, 0.29) is 18.4 Å². The van der Waals surface area contributed by atoms with Crippen molar-refractivity contribution in [3.05, 3.63) is 82.9 Å². The molecular formula is C25H26N2O4. The average molecular weight is 418 g/mol. The first kappa shape index (κ1) is 21.9. The number of aryl methyl sites for hydroxylation is 2. The second-order valence-corrected chi connectivity index (χ2v) is 7.27. The molecule has 6 nitrogen and oxygen atoms in total. The Morgan fingerprint density at radius 1 is 0.839 bits per heavy atom. The van der Waals surface area contributed by atoms with Gasteiger partial charge < -0.3 is 20.1 Å². The summed E-state index contributed by atoms with van der Waals surface area (Å²) in [6, 6.07) is 18.1. The van der Waals surface area contributed by atoms with Gasteiger partial charge in [-0.1, -0.05) is 6.07 Å². The molecule has 0 unspecified atom stereocenters. The molecule has 0 radical (unpaired) electrons. The predicted molar refractivity (Wildman–Crippen MR) is 122 cm³/mol. The van der Waals surface area contributed by atoms with E-state index in [0.29, 0.717) is 22.7 Å². The van der Waals surface area contributed by atoms with Gasteiger partial charge in [-0.25, -0.2) is 0 Å². The molecule has 3 aromatic carbocycles. The van der Waals surface area contributed by atoms with Crippen molar-refractivity contribution >= 4 is 23.2 Å². The number of amides is 2. The summed E-state index contributed by atoms with van der Waals surface area (Å²) < 4.78 is 11.4. The lowest BCUT2D eigenvalue weighted by Crippen LogP contribution is -2.13. The number of ether oxygens (including phenoxy) is 2. The van der Waals surface area contributed by atoms with Gasteiger partial charge in [-0.3, -0.25) is 9.59 Å². The Morgan fingerprint density at radius 2 is 1.52 bits per heavy atom. The molecule has 2 amide bonds. The maximum atomic E-state index is 12.7. The molecule has 160 valence electrons. The van der Waals surface area contributed by atoms with Crippen LogP contribution in [-0.4, -0.2) is 18.9 Å². The molecule has 3 rings (SSSR count). The van der Waals surface area contributed by atoms with Gasteiger partial charge in [-0.15, -0.1) is 0 Å². The molecule has 0 saturated carbocycles. The summed E-state index contributed by atoms with van der Waals surface area (Å²) in [6.07, 6.45) is 0. The van der Waals surface area contributed by atoms with E-state index in [9.17, 15) is 9.59 Å². The van der Waals surface area contributed by atoms with Crippen LogP contribution >= 0.6 is 0 Å². The third-order valence-corrected chi connectivity index (χ3v) is 4.88. The highest BCUT2D eigenvalue weighted by atomic mass is 16.5. The lowest BCUT2D eigenvalue weighted by atomic mass is 10.1. The molecule has 0 saturated heterocycles. The maximum Gasteiger partial charge on any atom is 0.255 e. The van der Waals surface area contributed by atoms with Crippen LogP contribution in [0.2, 0.25) is 0 Å². The molecule has 31 heavy (non-hydrogen) atoms. The summed E-state index contributed by atoms with van der Waals surface area (Å²) in [5.74, 6) is 1.02. The first-order valence-corrected chi connectivity index (χ1v) is 9.91. The van der Waals surface area contributed by atoms with Gasteiger partial charge in [0.15, 0.2) is 0 Å². The Hall–Kier alpha value is -3.80. The van der Waals surface area contributed by atoms with Crippen LogP contribution in [0.3, 0.4) is 0 Å². The minimum absolute atomic E-state index is 0.148. The number of carbonyl (C=O) groups excluding carboxylic acids is 2. The Kier molecular flexibility index (Phi) is 6.92. The Labute approximate surface area is 182 Å². The second-order valence-electron chi connectivity index (χ2n) is 7.27. The molecule has 0 heterocycles. The largest absolute Gasteiger partial charge is 0.496 e. The van der Waals surface area contributed by atoms with Crippen molar-refractivity contribution in [2.75, 3.05) is 17.7 Å². The molecule has 0 aliphatic heterocycles. The molecule has 2 N–H and O–H groups in total. The summed E-state index contributed by atoms with van der Waals surface area (Å²) in [7, 11) is 1.59. The van der Waals surface area contributed by atoms with Gasteiger partial charge in [0.1, 0.15) is 18.1 Å². The number of hydrogen-bond acceptors (Lipinski definition) is 4. The van der Waals surface area contributed by atoms with Gasteiger partial charge in [0, 0.05) is 29.4 Å². The van der Waals surface area contributed by atoms with Crippen molar-refractivity contribution in [2.45, 2.75) is 27.4 Å². The number of nitrogens with one attached hydrogen (secondary N) is 2. The fraction of sp³-hybridized carbons (Fsp3) is 0.200. The van der Waals surface area contributed by atoms with Crippen molar-refractivity contribution in [1.29, 1.82) is 0 Å². The second kappa shape index (κ2) is 9.80. The van der Waals surface area contributed by atoms with E-state index in [0.717, 1.165) is 16.9 Å². The van der Waals surface area contributed by atoms with E-state index in [4.69, 9.17) is 9.47 Å². The van der Waals surface area contributed by atoms with Crippen LogP contribution in [0.15, 0.2) is 60.7 Å². The fourth-order valence-electron chi connectivity index (χ4n) is 3.04. The number of carbonyl (C=O) groups is 2. The minimum atomic E-state index is -0.248. The van der Waals surface area contributed by atoms with Crippen LogP contribution in [0, 0.1) is 13.8 Å².